The first-order chi connectivity index (χ1) is 10.7. The van der Waals surface area contributed by atoms with E-state index in [1.165, 1.54) is 0 Å². The number of anilines is 1. The van der Waals surface area contributed by atoms with Crippen LogP contribution in [0.4, 0.5) is 5.69 Å². The molecule has 2 amide bonds. The van der Waals surface area contributed by atoms with Crippen LogP contribution >= 0.6 is 0 Å². The van der Waals surface area contributed by atoms with Crippen molar-refractivity contribution in [1.29, 1.82) is 0 Å². The van der Waals surface area contributed by atoms with Crippen LogP contribution in [0.3, 0.4) is 0 Å². The Bertz CT molecular complexity index is 655. The van der Waals surface area contributed by atoms with E-state index in [1.807, 2.05) is 60.7 Å². The number of rotatable bonds is 4. The minimum Gasteiger partial charge on any atom is -0.326 e. The van der Waals surface area contributed by atoms with E-state index in [9.17, 15) is 9.59 Å². The molecule has 1 aliphatic rings. The summed E-state index contributed by atoms with van der Waals surface area (Å²) < 4.78 is 0. The van der Waals surface area contributed by atoms with Gasteiger partial charge in [0.25, 0.3) is 0 Å². The van der Waals surface area contributed by atoms with Crippen LogP contribution in [0, 0.1) is 0 Å². The molecule has 4 heteroatoms. The number of nitrogens with one attached hydrogen (secondary N) is 1. The molecule has 0 aliphatic carbocycles. The van der Waals surface area contributed by atoms with Gasteiger partial charge in [0.05, 0.1) is 0 Å². The highest BCUT2D eigenvalue weighted by atomic mass is 16.2. The summed E-state index contributed by atoms with van der Waals surface area (Å²) in [7, 11) is 0. The van der Waals surface area contributed by atoms with E-state index < -0.39 is 6.04 Å². The number of nitrogens with zero attached hydrogens (tertiary/aromatic N) is 1. The van der Waals surface area contributed by atoms with Crippen LogP contribution < -0.4 is 5.32 Å². The minimum absolute atomic E-state index is 0.0389. The van der Waals surface area contributed by atoms with Gasteiger partial charge >= 0.3 is 0 Å². The van der Waals surface area contributed by atoms with Crippen LogP contribution in [-0.4, -0.2) is 22.8 Å². The second kappa shape index (κ2) is 6.43. The van der Waals surface area contributed by atoms with E-state index in [-0.39, 0.29) is 11.8 Å². The number of benzene rings is 2. The molecular weight excluding hydrogens is 276 g/mol. The number of amides is 2. The Labute approximate surface area is 129 Å². The summed E-state index contributed by atoms with van der Waals surface area (Å²) in [6.45, 7) is 0.479. The van der Waals surface area contributed by atoms with Gasteiger partial charge < -0.3 is 10.2 Å². The lowest BCUT2D eigenvalue weighted by Gasteiger charge is -2.24. The Morgan fingerprint density at radius 1 is 1.05 bits per heavy atom. The number of carbonyl (C=O) groups excluding carboxylic acids is 2. The van der Waals surface area contributed by atoms with Gasteiger partial charge in [-0.2, -0.15) is 0 Å². The maximum atomic E-state index is 12.5. The Balaban J connectivity index is 1.71. The summed E-state index contributed by atoms with van der Waals surface area (Å²) in [6.07, 6.45) is 1.00. The van der Waals surface area contributed by atoms with Gasteiger partial charge in [0.2, 0.25) is 11.8 Å². The highest BCUT2D eigenvalue weighted by molar-refractivity contribution is 5.98. The first-order valence-electron chi connectivity index (χ1n) is 7.43. The monoisotopic (exact) mass is 294 g/mol. The summed E-state index contributed by atoms with van der Waals surface area (Å²) in [5, 5.41) is 2.89. The molecule has 0 aromatic heterocycles. The Hall–Kier alpha value is -2.62. The third kappa shape index (κ3) is 3.17. The normalized spacial score (nSPS) is 17.5. The zero-order chi connectivity index (χ0) is 15.4. The molecule has 0 spiro atoms. The number of likely N-dealkylation sites (tertiary alicyclic amines) is 1. The Morgan fingerprint density at radius 3 is 2.36 bits per heavy atom. The molecule has 1 saturated heterocycles. The van der Waals surface area contributed by atoms with Crippen molar-refractivity contribution in [2.24, 2.45) is 0 Å². The third-order valence-electron chi connectivity index (χ3n) is 3.87. The molecule has 1 atom stereocenters. The molecule has 0 bridgehead atoms. The zero-order valence-electron chi connectivity index (χ0n) is 12.2. The summed E-state index contributed by atoms with van der Waals surface area (Å²) in [6, 6.07) is 18.7. The SMILES string of the molecule is O=C(Nc1ccccc1)C1CCC(=O)N1Cc1ccccc1. The lowest BCUT2D eigenvalue weighted by Crippen LogP contribution is -2.41. The largest absolute Gasteiger partial charge is 0.326 e. The lowest BCUT2D eigenvalue weighted by molar-refractivity contribution is -0.133. The molecule has 4 nitrogen and oxygen atoms in total. The maximum Gasteiger partial charge on any atom is 0.247 e. The first kappa shape index (κ1) is 14.3. The van der Waals surface area contributed by atoms with E-state index in [0.717, 1.165) is 11.3 Å². The fourth-order valence-corrected chi connectivity index (χ4v) is 2.73. The first-order valence-corrected chi connectivity index (χ1v) is 7.43. The second-order valence-corrected chi connectivity index (χ2v) is 5.42. The lowest BCUT2D eigenvalue weighted by atomic mass is 10.1. The van der Waals surface area contributed by atoms with E-state index in [2.05, 4.69) is 5.32 Å². The van der Waals surface area contributed by atoms with Crippen LogP contribution in [0.2, 0.25) is 0 Å². The van der Waals surface area contributed by atoms with Crippen molar-refractivity contribution in [3.63, 3.8) is 0 Å². The van der Waals surface area contributed by atoms with E-state index >= 15 is 0 Å². The predicted octanol–water partition coefficient (Wildman–Crippen LogP) is 2.82. The van der Waals surface area contributed by atoms with Crippen LogP contribution in [0.25, 0.3) is 0 Å². The van der Waals surface area contributed by atoms with Gasteiger partial charge in [-0.3, -0.25) is 9.59 Å². The van der Waals surface area contributed by atoms with E-state index in [1.54, 1.807) is 4.90 Å². The minimum atomic E-state index is -0.395. The van der Waals surface area contributed by atoms with Gasteiger partial charge in [0.1, 0.15) is 6.04 Å². The summed E-state index contributed by atoms with van der Waals surface area (Å²) >= 11 is 0. The van der Waals surface area contributed by atoms with Crippen LogP contribution in [0.1, 0.15) is 18.4 Å². The molecule has 1 unspecified atom stereocenters. The van der Waals surface area contributed by atoms with Gasteiger partial charge in [-0.15, -0.1) is 0 Å². The molecule has 22 heavy (non-hydrogen) atoms. The zero-order valence-corrected chi connectivity index (χ0v) is 12.2. The molecule has 2 aromatic rings. The van der Waals surface area contributed by atoms with Crippen LogP contribution in [-0.2, 0) is 16.1 Å². The van der Waals surface area contributed by atoms with Gasteiger partial charge in [-0.1, -0.05) is 48.5 Å². The van der Waals surface area contributed by atoms with Crippen molar-refractivity contribution in [1.82, 2.24) is 4.90 Å². The molecule has 1 heterocycles. The predicted molar refractivity (Wildman–Crippen MR) is 85.1 cm³/mol. The number of carbonyl (C=O) groups is 2. The molecular formula is C18H18N2O2. The average Bonchev–Trinajstić information content (AvgIpc) is 2.90. The Morgan fingerprint density at radius 2 is 1.68 bits per heavy atom. The standard InChI is InChI=1S/C18H18N2O2/c21-17-12-11-16(18(22)19-15-9-5-2-6-10-15)20(17)13-14-7-3-1-4-8-14/h1-10,16H,11-13H2,(H,19,22). The molecule has 1 N–H and O–H groups in total. The topological polar surface area (TPSA) is 49.4 Å². The summed E-state index contributed by atoms with van der Waals surface area (Å²) in [5.41, 5.74) is 1.79. The Kier molecular flexibility index (Phi) is 4.19. The highest BCUT2D eigenvalue weighted by Crippen LogP contribution is 2.23. The van der Waals surface area contributed by atoms with Crippen molar-refractivity contribution < 1.29 is 9.59 Å². The maximum absolute atomic E-state index is 12.5. The molecule has 1 fully saturated rings. The number of hydrogen-bond acceptors (Lipinski definition) is 2. The quantitative estimate of drug-likeness (QED) is 0.942. The van der Waals surface area contributed by atoms with Gasteiger partial charge in [0.15, 0.2) is 0 Å². The van der Waals surface area contributed by atoms with Gasteiger partial charge in [-0.25, -0.2) is 0 Å². The van der Waals surface area contributed by atoms with Gasteiger partial charge in [0, 0.05) is 18.7 Å². The van der Waals surface area contributed by atoms with Crippen molar-refractivity contribution >= 4 is 17.5 Å². The summed E-state index contributed by atoms with van der Waals surface area (Å²) in [5.74, 6) is -0.0787. The molecule has 2 aromatic carbocycles. The molecule has 112 valence electrons. The van der Waals surface area contributed by atoms with Crippen molar-refractivity contribution in [3.05, 3.63) is 66.2 Å². The molecule has 1 aliphatic heterocycles. The molecule has 3 rings (SSSR count). The van der Waals surface area contributed by atoms with Crippen molar-refractivity contribution in [2.75, 3.05) is 5.32 Å². The summed E-state index contributed by atoms with van der Waals surface area (Å²) in [4.78, 5) is 26.2. The van der Waals surface area contributed by atoms with Crippen molar-refractivity contribution in [2.45, 2.75) is 25.4 Å². The molecule has 0 saturated carbocycles. The van der Waals surface area contributed by atoms with Gasteiger partial charge in [-0.05, 0) is 24.1 Å². The number of para-hydroxylation sites is 1. The average molecular weight is 294 g/mol. The smallest absolute Gasteiger partial charge is 0.247 e. The van der Waals surface area contributed by atoms with Crippen LogP contribution in [0.5, 0.6) is 0 Å². The van der Waals surface area contributed by atoms with Crippen molar-refractivity contribution in [3.8, 4) is 0 Å². The number of hydrogen-bond donors (Lipinski definition) is 1. The fourth-order valence-electron chi connectivity index (χ4n) is 2.73. The molecule has 0 radical (unpaired) electrons. The second-order valence-electron chi connectivity index (χ2n) is 5.42. The fraction of sp³-hybridized carbons (Fsp3) is 0.222. The third-order valence-corrected chi connectivity index (χ3v) is 3.87. The highest BCUT2D eigenvalue weighted by Gasteiger charge is 2.35. The van der Waals surface area contributed by atoms with E-state index in [4.69, 9.17) is 0 Å². The van der Waals surface area contributed by atoms with Crippen LogP contribution in [0.15, 0.2) is 60.7 Å². The van der Waals surface area contributed by atoms with E-state index in [0.29, 0.717) is 19.4 Å².